The van der Waals surface area contributed by atoms with E-state index in [9.17, 15) is 4.79 Å². The van der Waals surface area contributed by atoms with Crippen LogP contribution in [0.3, 0.4) is 0 Å². The fourth-order valence-corrected chi connectivity index (χ4v) is 2.98. The lowest BCUT2D eigenvalue weighted by molar-refractivity contribution is -0.682. The van der Waals surface area contributed by atoms with Crippen LogP contribution in [0, 0.1) is 13.8 Å². The molecule has 1 amide bonds. The van der Waals surface area contributed by atoms with Gasteiger partial charge in [0.1, 0.15) is 6.04 Å². The van der Waals surface area contributed by atoms with E-state index in [4.69, 9.17) is 11.6 Å². The van der Waals surface area contributed by atoms with Crippen LogP contribution in [0.4, 0.5) is 0 Å². The highest BCUT2D eigenvalue weighted by molar-refractivity contribution is 6.31. The molecule has 2 aromatic carbocycles. The molecule has 0 aliphatic carbocycles. The fraction of sp³-hybridized carbons (Fsp3) is 0.350. The van der Waals surface area contributed by atoms with Gasteiger partial charge >= 0.3 is 0 Å². The number of carbonyl (C=O) groups excluding carboxylic acids is 1. The van der Waals surface area contributed by atoms with E-state index in [1.54, 1.807) is 0 Å². The van der Waals surface area contributed by atoms with Crippen LogP contribution >= 0.6 is 11.6 Å². The summed E-state index contributed by atoms with van der Waals surface area (Å²) in [5, 5.41) is 5.81. The Morgan fingerprint density at radius 2 is 1.83 bits per heavy atom. The van der Waals surface area contributed by atoms with Gasteiger partial charge in [-0.25, -0.2) is 0 Å². The second-order valence-corrected chi connectivity index (χ2v) is 6.79. The van der Waals surface area contributed by atoms with Gasteiger partial charge in [0, 0.05) is 10.6 Å². The maximum atomic E-state index is 12.2. The molecule has 3 N–H and O–H groups in total. The maximum absolute atomic E-state index is 12.2. The number of carbonyl (C=O) groups is 1. The van der Waals surface area contributed by atoms with Crippen molar-refractivity contribution in [1.29, 1.82) is 0 Å². The first-order valence-electron chi connectivity index (χ1n) is 8.32. The number of nitrogens with one attached hydrogen (secondary N) is 1. The van der Waals surface area contributed by atoms with Crippen molar-refractivity contribution in [3.8, 4) is 0 Å². The van der Waals surface area contributed by atoms with Crippen molar-refractivity contribution in [2.45, 2.75) is 39.8 Å². The minimum absolute atomic E-state index is 0.000759. The molecule has 4 heteroatoms. The van der Waals surface area contributed by atoms with E-state index in [1.165, 1.54) is 11.1 Å². The zero-order valence-electron chi connectivity index (χ0n) is 14.8. The molecule has 0 saturated heterocycles. The molecule has 0 aliphatic rings. The molecule has 2 aromatic rings. The second-order valence-electron chi connectivity index (χ2n) is 6.38. The van der Waals surface area contributed by atoms with Gasteiger partial charge in [-0.2, -0.15) is 0 Å². The Morgan fingerprint density at radius 3 is 2.50 bits per heavy atom. The summed E-state index contributed by atoms with van der Waals surface area (Å²) in [7, 11) is 0. The molecule has 0 aromatic heterocycles. The van der Waals surface area contributed by atoms with Crippen molar-refractivity contribution in [2.24, 2.45) is 0 Å². The molecule has 0 radical (unpaired) electrons. The normalized spacial score (nSPS) is 13.4. The molecular formula is C20H26ClN2O+. The smallest absolute Gasteiger partial charge is 0.275 e. The van der Waals surface area contributed by atoms with Crippen LogP contribution < -0.4 is 10.6 Å². The summed E-state index contributed by atoms with van der Waals surface area (Å²) < 4.78 is 0. The Morgan fingerprint density at radius 1 is 1.12 bits per heavy atom. The Hall–Kier alpha value is -1.84. The van der Waals surface area contributed by atoms with Crippen LogP contribution in [-0.4, -0.2) is 12.5 Å². The largest absolute Gasteiger partial charge is 0.345 e. The van der Waals surface area contributed by atoms with Gasteiger partial charge in [0.2, 0.25) is 0 Å². The van der Waals surface area contributed by atoms with Crippen molar-refractivity contribution in [2.75, 3.05) is 6.54 Å². The zero-order chi connectivity index (χ0) is 17.7. The van der Waals surface area contributed by atoms with E-state index >= 15 is 0 Å². The van der Waals surface area contributed by atoms with Gasteiger partial charge in [-0.1, -0.05) is 48.0 Å². The van der Waals surface area contributed by atoms with Crippen LogP contribution in [0.2, 0.25) is 5.02 Å². The zero-order valence-corrected chi connectivity index (χ0v) is 15.5. The Bertz CT molecular complexity index is 715. The lowest BCUT2D eigenvalue weighted by atomic mass is 10.0. The number of nitrogens with two attached hydrogens (primary N) is 1. The minimum Gasteiger partial charge on any atom is -0.345 e. The van der Waals surface area contributed by atoms with E-state index in [0.29, 0.717) is 6.54 Å². The van der Waals surface area contributed by atoms with Crippen molar-refractivity contribution < 1.29 is 10.1 Å². The summed E-state index contributed by atoms with van der Waals surface area (Å²) >= 11 is 6.21. The molecule has 2 rings (SSSR count). The van der Waals surface area contributed by atoms with Crippen LogP contribution in [0.25, 0.3) is 0 Å². The highest BCUT2D eigenvalue weighted by atomic mass is 35.5. The average molecular weight is 346 g/mol. The second kappa shape index (κ2) is 8.32. The third kappa shape index (κ3) is 4.83. The van der Waals surface area contributed by atoms with Gasteiger partial charge in [0.05, 0.1) is 6.04 Å². The van der Waals surface area contributed by atoms with Crippen LogP contribution in [0.1, 0.15) is 48.2 Å². The highest BCUT2D eigenvalue weighted by Crippen LogP contribution is 2.19. The number of hydrogen-bond donors (Lipinski definition) is 2. The van der Waals surface area contributed by atoms with Crippen LogP contribution in [-0.2, 0) is 4.79 Å². The predicted octanol–water partition coefficient (Wildman–Crippen LogP) is 3.46. The Labute approximate surface area is 149 Å². The first-order valence-corrected chi connectivity index (χ1v) is 8.70. The fourth-order valence-electron chi connectivity index (χ4n) is 2.67. The quantitative estimate of drug-likeness (QED) is 0.827. The standard InChI is InChI=1S/C20H25ClN2O/c1-13-9-10-17(11-14(13)2)15(3)23-20(24)12-22-16(4)18-7-5-6-8-19(18)21/h5-11,15-16,22H,12H2,1-4H3,(H,23,24)/p+1/t15-,16+/m0/s1. The third-order valence-electron chi connectivity index (χ3n) is 4.46. The maximum Gasteiger partial charge on any atom is 0.275 e. The number of halogens is 1. The van der Waals surface area contributed by atoms with Crippen LogP contribution in [0.15, 0.2) is 42.5 Å². The predicted molar refractivity (Wildman–Crippen MR) is 99.1 cm³/mol. The molecule has 0 heterocycles. The average Bonchev–Trinajstić information content (AvgIpc) is 2.55. The summed E-state index contributed by atoms with van der Waals surface area (Å²) in [6.45, 7) is 8.63. The summed E-state index contributed by atoms with van der Waals surface area (Å²) in [5.41, 5.74) is 4.69. The molecule has 2 atom stereocenters. The topological polar surface area (TPSA) is 45.7 Å². The molecule has 0 aliphatic heterocycles. The van der Waals surface area contributed by atoms with Crippen molar-refractivity contribution in [1.82, 2.24) is 5.32 Å². The van der Waals surface area contributed by atoms with Gasteiger partial charge in [0.25, 0.3) is 5.91 Å². The molecular weight excluding hydrogens is 320 g/mol. The molecule has 0 spiro atoms. The van der Waals surface area contributed by atoms with E-state index in [0.717, 1.165) is 16.1 Å². The Kier molecular flexibility index (Phi) is 6.41. The van der Waals surface area contributed by atoms with Crippen molar-refractivity contribution >= 4 is 17.5 Å². The molecule has 0 bridgehead atoms. The van der Waals surface area contributed by atoms with Gasteiger partial charge < -0.3 is 10.6 Å². The molecule has 0 saturated carbocycles. The minimum atomic E-state index is 0.000759. The number of rotatable bonds is 6. The molecule has 24 heavy (non-hydrogen) atoms. The first-order chi connectivity index (χ1) is 11.4. The van der Waals surface area contributed by atoms with Crippen molar-refractivity contribution in [3.63, 3.8) is 0 Å². The van der Waals surface area contributed by atoms with Gasteiger partial charge in [0.15, 0.2) is 6.54 Å². The van der Waals surface area contributed by atoms with Crippen molar-refractivity contribution in [3.05, 3.63) is 69.7 Å². The molecule has 0 unspecified atom stereocenters. The van der Waals surface area contributed by atoms with E-state index < -0.39 is 0 Å². The van der Waals surface area contributed by atoms with E-state index in [2.05, 4.69) is 44.3 Å². The van der Waals surface area contributed by atoms with Crippen LogP contribution in [0.5, 0.6) is 0 Å². The number of aryl methyl sites for hydroxylation is 2. The SMILES string of the molecule is Cc1ccc([C@H](C)NC(=O)C[NH2+][C@H](C)c2ccccc2Cl)cc1C. The highest BCUT2D eigenvalue weighted by Gasteiger charge is 2.16. The third-order valence-corrected chi connectivity index (χ3v) is 4.81. The first kappa shape index (κ1) is 18.5. The lowest BCUT2D eigenvalue weighted by Crippen LogP contribution is -2.87. The van der Waals surface area contributed by atoms with E-state index in [1.807, 2.05) is 36.5 Å². The molecule has 3 nitrogen and oxygen atoms in total. The number of quaternary nitrogens is 1. The molecule has 128 valence electrons. The number of hydrogen-bond acceptors (Lipinski definition) is 1. The number of benzene rings is 2. The monoisotopic (exact) mass is 345 g/mol. The summed E-state index contributed by atoms with van der Waals surface area (Å²) in [5.74, 6) is 0.0274. The van der Waals surface area contributed by atoms with Gasteiger partial charge in [-0.15, -0.1) is 0 Å². The van der Waals surface area contributed by atoms with Gasteiger partial charge in [-0.05, 0) is 50.5 Å². The summed E-state index contributed by atoms with van der Waals surface area (Å²) in [4.78, 5) is 12.2. The summed E-state index contributed by atoms with van der Waals surface area (Å²) in [6.07, 6.45) is 0. The summed E-state index contributed by atoms with van der Waals surface area (Å²) in [6, 6.07) is 14.2. The van der Waals surface area contributed by atoms with Gasteiger partial charge in [-0.3, -0.25) is 4.79 Å². The molecule has 0 fully saturated rings. The van der Waals surface area contributed by atoms with E-state index in [-0.39, 0.29) is 18.0 Å². The number of amides is 1. The lowest BCUT2D eigenvalue weighted by Gasteiger charge is -2.17. The Balaban J connectivity index is 1.88.